The maximum Gasteiger partial charge on any atom is 0.416 e. The molecule has 0 aliphatic carbocycles. The molecule has 2 aromatic rings. The minimum Gasteiger partial charge on any atom is -0.438 e. The number of carbonyl (C=O) groups excluding carboxylic acids is 1. The Balaban J connectivity index is 1.64. The number of amides is 1. The van der Waals surface area contributed by atoms with E-state index in [0.717, 1.165) is 6.21 Å². The summed E-state index contributed by atoms with van der Waals surface area (Å²) in [6.07, 6.45) is -1.24. The maximum atomic E-state index is 15.9. The highest BCUT2D eigenvalue weighted by molar-refractivity contribution is 6.01. The Bertz CT molecular complexity index is 1010. The molecular formula is C20H23FN4O6. The van der Waals surface area contributed by atoms with E-state index in [1.54, 1.807) is 6.07 Å². The van der Waals surface area contributed by atoms with Crippen LogP contribution in [-0.2, 0) is 18.9 Å². The first kappa shape index (κ1) is 20.2. The number of fused-ring (bicyclic) bond motifs is 1. The van der Waals surface area contributed by atoms with Gasteiger partial charge in [-0.25, -0.2) is 9.18 Å². The summed E-state index contributed by atoms with van der Waals surface area (Å²) in [7, 11) is 0. The zero-order chi connectivity index (χ0) is 21.7. The second-order valence-electron chi connectivity index (χ2n) is 7.95. The Hall–Kier alpha value is -2.76. The number of morpholine rings is 1. The molecule has 0 bridgehead atoms. The highest BCUT2D eigenvalue weighted by Crippen LogP contribution is 2.42. The van der Waals surface area contributed by atoms with Crippen molar-refractivity contribution in [2.45, 2.75) is 38.4 Å². The minimum atomic E-state index is -0.745. The lowest BCUT2D eigenvalue weighted by Crippen LogP contribution is -2.46. The molecule has 5 rings (SSSR count). The molecule has 3 aliphatic rings. The lowest BCUT2D eigenvalue weighted by molar-refractivity contribution is -0.0445. The fourth-order valence-corrected chi connectivity index (χ4v) is 4.37. The molecule has 3 atom stereocenters. The number of hydrogen-bond acceptors (Lipinski definition) is 9. The van der Waals surface area contributed by atoms with Gasteiger partial charge in [0.1, 0.15) is 0 Å². The van der Waals surface area contributed by atoms with Crippen LogP contribution in [0.2, 0.25) is 0 Å². The highest BCUT2D eigenvalue weighted by Gasteiger charge is 2.37. The fourth-order valence-electron chi connectivity index (χ4n) is 4.37. The van der Waals surface area contributed by atoms with Crippen LogP contribution in [0, 0.1) is 11.2 Å². The second-order valence-corrected chi connectivity index (χ2v) is 7.95. The first-order valence-corrected chi connectivity index (χ1v) is 10.2. The zero-order valence-corrected chi connectivity index (χ0v) is 17.2. The van der Waals surface area contributed by atoms with Crippen LogP contribution in [0.25, 0.3) is 11.0 Å². The van der Waals surface area contributed by atoms with E-state index in [1.807, 2.05) is 18.7 Å². The summed E-state index contributed by atoms with van der Waals surface area (Å²) in [5.74, 6) is -0.458. The van der Waals surface area contributed by atoms with Gasteiger partial charge in [0.25, 0.3) is 0 Å². The first-order valence-electron chi connectivity index (χ1n) is 10.2. The molecule has 3 aliphatic heterocycles. The summed E-state index contributed by atoms with van der Waals surface area (Å²) >= 11 is 0. The quantitative estimate of drug-likeness (QED) is 0.732. The Morgan fingerprint density at radius 2 is 1.90 bits per heavy atom. The van der Waals surface area contributed by atoms with Crippen LogP contribution in [0.3, 0.4) is 0 Å². The van der Waals surface area contributed by atoms with Crippen LogP contribution < -0.4 is 9.80 Å². The number of rotatable bonds is 4. The molecule has 0 spiro atoms. The van der Waals surface area contributed by atoms with Crippen LogP contribution >= 0.6 is 0 Å². The van der Waals surface area contributed by atoms with E-state index >= 15 is 4.39 Å². The minimum absolute atomic E-state index is 0.0651. The predicted octanol–water partition coefficient (Wildman–Crippen LogP) is 2.60. The lowest BCUT2D eigenvalue weighted by Gasteiger charge is -2.38. The van der Waals surface area contributed by atoms with Gasteiger partial charge in [0.2, 0.25) is 5.58 Å². The molecule has 166 valence electrons. The number of ether oxygens (including phenoxy) is 4. The summed E-state index contributed by atoms with van der Waals surface area (Å²) in [6, 6.07) is 1.70. The maximum absolute atomic E-state index is 15.9. The van der Waals surface area contributed by atoms with Gasteiger partial charge in [-0.1, -0.05) is 5.16 Å². The normalized spacial score (nSPS) is 27.3. The monoisotopic (exact) mass is 434 g/mol. The molecule has 3 saturated heterocycles. The van der Waals surface area contributed by atoms with Gasteiger partial charge in [-0.3, -0.25) is 4.90 Å². The van der Waals surface area contributed by atoms with Crippen molar-refractivity contribution in [1.29, 1.82) is 5.41 Å². The Kier molecular flexibility index (Phi) is 5.03. The second kappa shape index (κ2) is 7.74. The SMILES string of the molecule is C[C@@H]1CN(c2c(C3OCCO3)cc3c(N4C[C@H](C=N)OC4=O)noc3c2F)C[C@@H](C)O1. The van der Waals surface area contributed by atoms with Crippen LogP contribution in [0.4, 0.5) is 20.7 Å². The molecule has 3 fully saturated rings. The first-order chi connectivity index (χ1) is 15.0. The highest BCUT2D eigenvalue weighted by atomic mass is 19.1. The summed E-state index contributed by atoms with van der Waals surface area (Å²) in [5, 5.41) is 11.6. The van der Waals surface area contributed by atoms with Crippen molar-refractivity contribution < 1.29 is 32.7 Å². The number of nitrogens with zero attached hydrogens (tertiary/aromatic N) is 3. The Morgan fingerprint density at radius 3 is 2.55 bits per heavy atom. The van der Waals surface area contributed by atoms with E-state index in [4.69, 9.17) is 28.9 Å². The van der Waals surface area contributed by atoms with Crippen molar-refractivity contribution in [3.63, 3.8) is 0 Å². The number of carbonyl (C=O) groups is 1. The number of halogens is 1. The zero-order valence-electron chi connectivity index (χ0n) is 17.2. The van der Waals surface area contributed by atoms with Crippen molar-refractivity contribution in [2.24, 2.45) is 0 Å². The smallest absolute Gasteiger partial charge is 0.416 e. The summed E-state index contributed by atoms with van der Waals surface area (Å²) < 4.78 is 43.5. The average molecular weight is 434 g/mol. The molecule has 0 radical (unpaired) electrons. The Morgan fingerprint density at radius 1 is 1.19 bits per heavy atom. The van der Waals surface area contributed by atoms with Gasteiger partial charge >= 0.3 is 6.09 Å². The van der Waals surface area contributed by atoms with Gasteiger partial charge in [-0.15, -0.1) is 0 Å². The van der Waals surface area contributed by atoms with Crippen molar-refractivity contribution in [3.05, 3.63) is 17.4 Å². The van der Waals surface area contributed by atoms with Crippen LogP contribution in [0.5, 0.6) is 0 Å². The molecule has 1 amide bonds. The third-order valence-electron chi connectivity index (χ3n) is 5.58. The van der Waals surface area contributed by atoms with Crippen LogP contribution in [0.15, 0.2) is 10.6 Å². The summed E-state index contributed by atoms with van der Waals surface area (Å²) in [4.78, 5) is 15.4. The van der Waals surface area contributed by atoms with E-state index in [1.165, 1.54) is 4.90 Å². The fraction of sp³-hybridized carbons (Fsp3) is 0.550. The van der Waals surface area contributed by atoms with Crippen LogP contribution in [0.1, 0.15) is 25.7 Å². The molecule has 1 N–H and O–H groups in total. The molecule has 0 unspecified atom stereocenters. The molecule has 1 aromatic heterocycles. The molecule has 1 aromatic carbocycles. The van der Waals surface area contributed by atoms with Crippen molar-refractivity contribution in [2.75, 3.05) is 42.6 Å². The van der Waals surface area contributed by atoms with E-state index in [0.29, 0.717) is 42.9 Å². The molecule has 4 heterocycles. The number of aromatic nitrogens is 1. The van der Waals surface area contributed by atoms with Crippen molar-refractivity contribution >= 4 is 34.8 Å². The summed E-state index contributed by atoms with van der Waals surface area (Å²) in [6.45, 7) is 5.75. The van der Waals surface area contributed by atoms with E-state index in [-0.39, 0.29) is 30.2 Å². The van der Waals surface area contributed by atoms with Crippen molar-refractivity contribution in [3.8, 4) is 0 Å². The third-order valence-corrected chi connectivity index (χ3v) is 5.58. The number of nitrogens with one attached hydrogen (secondary N) is 1. The topological polar surface area (TPSA) is 110 Å². The number of benzene rings is 1. The lowest BCUT2D eigenvalue weighted by atomic mass is 10.0. The molecule has 10 nitrogen and oxygen atoms in total. The largest absolute Gasteiger partial charge is 0.438 e. The van der Waals surface area contributed by atoms with Gasteiger partial charge in [0.05, 0.1) is 43.0 Å². The van der Waals surface area contributed by atoms with E-state index in [2.05, 4.69) is 5.16 Å². The predicted molar refractivity (Wildman–Crippen MR) is 107 cm³/mol. The number of cyclic esters (lactones) is 1. The molecule has 11 heteroatoms. The number of anilines is 2. The van der Waals surface area contributed by atoms with Gasteiger partial charge in [0, 0.05) is 24.9 Å². The van der Waals surface area contributed by atoms with Gasteiger partial charge in [0.15, 0.2) is 24.0 Å². The molecular weight excluding hydrogens is 411 g/mol. The molecule has 0 saturated carbocycles. The van der Waals surface area contributed by atoms with Gasteiger partial charge < -0.3 is 33.8 Å². The molecule has 31 heavy (non-hydrogen) atoms. The Labute approximate surface area is 177 Å². The third kappa shape index (κ3) is 3.42. The number of hydrogen-bond donors (Lipinski definition) is 1. The standard InChI is InChI=1S/C20H23FN4O6/c1-10-7-24(8-11(2)29-10)16-13(19-27-3-4-28-19)5-14-17(15(16)21)31-23-18(14)25-9-12(6-22)30-20(25)26/h5-6,10-12,19,22H,3-4,7-9H2,1-2H3/t10-,11-,12+/m1/s1. The van der Waals surface area contributed by atoms with Gasteiger partial charge in [-0.2, -0.15) is 0 Å². The summed E-state index contributed by atoms with van der Waals surface area (Å²) in [5.41, 5.74) is 0.763. The van der Waals surface area contributed by atoms with E-state index in [9.17, 15) is 4.79 Å². The van der Waals surface area contributed by atoms with Crippen molar-refractivity contribution in [1.82, 2.24) is 5.16 Å². The van der Waals surface area contributed by atoms with Gasteiger partial charge in [-0.05, 0) is 19.9 Å². The van der Waals surface area contributed by atoms with E-state index < -0.39 is 24.3 Å². The van der Waals surface area contributed by atoms with Crippen LogP contribution in [-0.4, -0.2) is 68.6 Å². The average Bonchev–Trinajstić information content (AvgIpc) is 3.46.